The molecule has 1 aromatic heterocycles. The molecule has 1 N–H and O–H groups in total. The van der Waals surface area contributed by atoms with Gasteiger partial charge in [0.05, 0.1) is 12.1 Å². The average molecular weight is 268 g/mol. The number of ether oxygens (including phenoxy) is 1. The lowest BCUT2D eigenvalue weighted by Crippen LogP contribution is -2.31. The molecule has 0 fully saturated rings. The number of esters is 1. The quantitative estimate of drug-likeness (QED) is 0.869. The molecule has 4 heteroatoms. The Morgan fingerprint density at radius 3 is 3.20 bits per heavy atom. The van der Waals surface area contributed by atoms with Crippen LogP contribution in [0.15, 0.2) is 42.7 Å². The molecule has 1 aromatic carbocycles. The Morgan fingerprint density at radius 2 is 2.35 bits per heavy atom. The van der Waals surface area contributed by atoms with E-state index in [2.05, 4.69) is 16.4 Å². The lowest BCUT2D eigenvalue weighted by molar-refractivity contribution is -0.145. The zero-order chi connectivity index (χ0) is 13.9. The second-order valence-corrected chi connectivity index (χ2v) is 4.76. The van der Waals surface area contributed by atoms with E-state index in [-0.39, 0.29) is 12.0 Å². The molecule has 102 valence electrons. The number of rotatable bonds is 3. The van der Waals surface area contributed by atoms with E-state index < -0.39 is 0 Å². The maximum Gasteiger partial charge on any atom is 0.328 e. The molecule has 1 atom stereocenters. The van der Waals surface area contributed by atoms with E-state index in [0.717, 1.165) is 22.0 Å². The zero-order valence-corrected chi connectivity index (χ0v) is 11.3. The number of nitrogens with zero attached hydrogens (tertiary/aromatic N) is 1. The molecule has 1 unspecified atom stereocenters. The summed E-state index contributed by atoms with van der Waals surface area (Å²) in [5, 5.41) is 4.19. The summed E-state index contributed by atoms with van der Waals surface area (Å²) >= 11 is 0. The van der Waals surface area contributed by atoms with Gasteiger partial charge in [-0.05, 0) is 36.3 Å². The summed E-state index contributed by atoms with van der Waals surface area (Å²) in [6.07, 6.45) is 4.35. The predicted molar refractivity (Wildman–Crippen MR) is 77.9 cm³/mol. The molecule has 4 nitrogen and oxygen atoms in total. The Morgan fingerprint density at radius 1 is 1.45 bits per heavy atom. The van der Waals surface area contributed by atoms with Crippen LogP contribution in [0, 0.1) is 0 Å². The van der Waals surface area contributed by atoms with Gasteiger partial charge in [0.2, 0.25) is 0 Å². The van der Waals surface area contributed by atoms with Crippen molar-refractivity contribution in [3.05, 3.63) is 48.3 Å². The number of pyridine rings is 1. The average Bonchev–Trinajstić information content (AvgIpc) is 2.97. The van der Waals surface area contributed by atoms with Gasteiger partial charge < -0.3 is 10.1 Å². The molecule has 0 radical (unpaired) electrons. The second-order valence-electron chi connectivity index (χ2n) is 4.76. The highest BCUT2D eigenvalue weighted by Gasteiger charge is 2.25. The summed E-state index contributed by atoms with van der Waals surface area (Å²) in [5.74, 6) is -0.193. The van der Waals surface area contributed by atoms with Crippen molar-refractivity contribution in [3.8, 4) is 0 Å². The van der Waals surface area contributed by atoms with E-state index in [0.29, 0.717) is 13.0 Å². The first-order valence-corrected chi connectivity index (χ1v) is 6.75. The van der Waals surface area contributed by atoms with E-state index in [4.69, 9.17) is 4.74 Å². The maximum absolute atomic E-state index is 11.7. The standard InChI is InChI=1S/C16H16N2O2/c1-2-20-16(19)15-9-13(10-18-15)11-5-6-14-12(8-11)4-3-7-17-14/h3-8,10,15,18H,2,9H2,1H3. The summed E-state index contributed by atoms with van der Waals surface area (Å²) in [6.45, 7) is 2.23. The first kappa shape index (κ1) is 12.7. The van der Waals surface area contributed by atoms with Crippen molar-refractivity contribution >= 4 is 22.4 Å². The molecular weight excluding hydrogens is 252 g/mol. The number of carbonyl (C=O) groups is 1. The normalized spacial score (nSPS) is 17.6. The number of hydrogen-bond donors (Lipinski definition) is 1. The number of benzene rings is 1. The van der Waals surface area contributed by atoms with Crippen molar-refractivity contribution in [2.24, 2.45) is 0 Å². The fourth-order valence-electron chi connectivity index (χ4n) is 2.41. The molecular formula is C16H16N2O2. The first-order valence-electron chi connectivity index (χ1n) is 6.75. The number of carbonyl (C=O) groups excluding carboxylic acids is 1. The minimum absolute atomic E-state index is 0.193. The minimum Gasteiger partial charge on any atom is -0.464 e. The van der Waals surface area contributed by atoms with Gasteiger partial charge in [0.15, 0.2) is 0 Å². The van der Waals surface area contributed by atoms with Crippen molar-refractivity contribution in [1.82, 2.24) is 10.3 Å². The summed E-state index contributed by atoms with van der Waals surface area (Å²) in [5.41, 5.74) is 3.21. The van der Waals surface area contributed by atoms with Crippen molar-refractivity contribution in [1.29, 1.82) is 0 Å². The summed E-state index contributed by atoms with van der Waals surface area (Å²) in [4.78, 5) is 16.0. The number of aromatic nitrogens is 1. The van der Waals surface area contributed by atoms with Gasteiger partial charge in [0.1, 0.15) is 6.04 Å². The molecule has 0 aliphatic carbocycles. The van der Waals surface area contributed by atoms with Crippen molar-refractivity contribution in [2.45, 2.75) is 19.4 Å². The summed E-state index contributed by atoms with van der Waals surface area (Å²) in [7, 11) is 0. The molecule has 2 aromatic rings. The van der Waals surface area contributed by atoms with Crippen LogP contribution in [0.3, 0.4) is 0 Å². The van der Waals surface area contributed by atoms with Gasteiger partial charge in [-0.1, -0.05) is 12.1 Å². The molecule has 3 rings (SSSR count). The van der Waals surface area contributed by atoms with E-state index >= 15 is 0 Å². The third kappa shape index (κ3) is 2.37. The van der Waals surface area contributed by atoms with Crippen molar-refractivity contribution in [2.75, 3.05) is 6.61 Å². The summed E-state index contributed by atoms with van der Waals surface area (Å²) in [6, 6.07) is 9.84. The molecule has 20 heavy (non-hydrogen) atoms. The Kier molecular flexibility index (Phi) is 3.37. The topological polar surface area (TPSA) is 51.2 Å². The van der Waals surface area contributed by atoms with Gasteiger partial charge in [-0.3, -0.25) is 4.98 Å². The van der Waals surface area contributed by atoms with Crippen LogP contribution in [0.4, 0.5) is 0 Å². The minimum atomic E-state index is -0.269. The smallest absolute Gasteiger partial charge is 0.328 e. The third-order valence-corrected chi connectivity index (χ3v) is 3.43. The molecule has 2 heterocycles. The van der Waals surface area contributed by atoms with Gasteiger partial charge in [-0.15, -0.1) is 0 Å². The number of hydrogen-bond acceptors (Lipinski definition) is 4. The lowest BCUT2D eigenvalue weighted by atomic mass is 10.0. The lowest BCUT2D eigenvalue weighted by Gasteiger charge is -2.10. The Labute approximate surface area is 117 Å². The molecule has 0 bridgehead atoms. The highest BCUT2D eigenvalue weighted by atomic mass is 16.5. The van der Waals surface area contributed by atoms with Crippen molar-refractivity contribution in [3.63, 3.8) is 0 Å². The monoisotopic (exact) mass is 268 g/mol. The largest absolute Gasteiger partial charge is 0.464 e. The van der Waals surface area contributed by atoms with E-state index in [9.17, 15) is 4.79 Å². The zero-order valence-electron chi connectivity index (χ0n) is 11.3. The van der Waals surface area contributed by atoms with Crippen LogP contribution in [-0.2, 0) is 9.53 Å². The number of nitrogens with one attached hydrogen (secondary N) is 1. The fraction of sp³-hybridized carbons (Fsp3) is 0.250. The Bertz CT molecular complexity index is 679. The van der Waals surface area contributed by atoms with Gasteiger partial charge in [-0.2, -0.15) is 0 Å². The van der Waals surface area contributed by atoms with E-state index in [1.807, 2.05) is 37.4 Å². The summed E-state index contributed by atoms with van der Waals surface area (Å²) < 4.78 is 5.04. The van der Waals surface area contributed by atoms with Crippen LogP contribution in [0.25, 0.3) is 16.5 Å². The SMILES string of the molecule is CCOC(=O)C1CC(c2ccc3ncccc3c2)=CN1. The van der Waals surface area contributed by atoms with E-state index in [1.165, 1.54) is 0 Å². The molecule has 0 spiro atoms. The first-order chi connectivity index (χ1) is 9.78. The highest BCUT2D eigenvalue weighted by molar-refractivity contribution is 5.86. The third-order valence-electron chi connectivity index (χ3n) is 3.43. The van der Waals surface area contributed by atoms with Gasteiger partial charge in [-0.25, -0.2) is 4.79 Å². The number of fused-ring (bicyclic) bond motifs is 1. The van der Waals surface area contributed by atoms with Crippen LogP contribution in [0.1, 0.15) is 18.9 Å². The fourth-order valence-corrected chi connectivity index (χ4v) is 2.41. The van der Waals surface area contributed by atoms with Crippen LogP contribution < -0.4 is 5.32 Å². The maximum atomic E-state index is 11.7. The van der Waals surface area contributed by atoms with Crippen LogP contribution >= 0.6 is 0 Å². The molecule has 1 aliphatic heterocycles. The molecule has 1 aliphatic rings. The molecule has 0 saturated heterocycles. The predicted octanol–water partition coefficient (Wildman–Crippen LogP) is 2.50. The van der Waals surface area contributed by atoms with Crippen molar-refractivity contribution < 1.29 is 9.53 Å². The van der Waals surface area contributed by atoms with Gasteiger partial charge >= 0.3 is 5.97 Å². The molecule has 0 saturated carbocycles. The van der Waals surface area contributed by atoms with Gasteiger partial charge in [0.25, 0.3) is 0 Å². The molecule has 0 amide bonds. The van der Waals surface area contributed by atoms with E-state index in [1.54, 1.807) is 6.20 Å². The highest BCUT2D eigenvalue weighted by Crippen LogP contribution is 2.26. The Balaban J connectivity index is 1.81. The van der Waals surface area contributed by atoms with Crippen LogP contribution in [0.5, 0.6) is 0 Å². The van der Waals surface area contributed by atoms with Crippen LogP contribution in [-0.4, -0.2) is 23.6 Å². The van der Waals surface area contributed by atoms with Gasteiger partial charge in [0, 0.05) is 24.2 Å². The second kappa shape index (κ2) is 5.33. The van der Waals surface area contributed by atoms with Crippen LogP contribution in [0.2, 0.25) is 0 Å². The Hall–Kier alpha value is -2.36.